The molecule has 0 radical (unpaired) electrons. The SMILES string of the molecule is CCC1CC2C(c3ccccc3)C=CC=CC2C1[Si](C)(C)N1CC[N-]CC1.[CH3-].[Cl][Ti][Cl]. The second-order valence-electron chi connectivity index (χ2n) is 9.26. The van der Waals surface area contributed by atoms with Gasteiger partial charge >= 0.3 is 35.6 Å². The van der Waals surface area contributed by atoms with Crippen molar-refractivity contribution in [2.24, 2.45) is 17.8 Å². The van der Waals surface area contributed by atoms with Gasteiger partial charge in [-0.3, -0.25) is 0 Å². The first kappa shape index (κ1) is 27.4. The minimum atomic E-state index is -1.52. The molecule has 2 nitrogen and oxygen atoms in total. The molecule has 0 N–H and O–H groups in total. The van der Waals surface area contributed by atoms with E-state index >= 15 is 0 Å². The molecular formula is C25H38Cl2N2SiTi-2. The topological polar surface area (TPSA) is 17.3 Å². The Morgan fingerprint density at radius 2 is 1.68 bits per heavy atom. The van der Waals surface area contributed by atoms with Crippen molar-refractivity contribution in [1.82, 2.24) is 4.57 Å². The molecular weight excluding hydrogens is 475 g/mol. The Balaban J connectivity index is 0.000000808. The molecule has 1 aliphatic heterocycles. The van der Waals surface area contributed by atoms with Crippen molar-refractivity contribution in [2.75, 3.05) is 26.2 Å². The van der Waals surface area contributed by atoms with Gasteiger partial charge in [-0.1, -0.05) is 81.1 Å². The number of hydrogen-bond donors (Lipinski definition) is 0. The standard InChI is InChI=1S/C24H35N2Si.CH3.2ClH.Ti/c1-4-19-18-23-21(20-10-6-5-7-11-20)12-8-9-13-22(23)24(19)27(2,3)26-16-14-25-15-17-26;;;;/h5-13,19,21-24H,4,14-18H2,1-3H3;1H3;2*1H;/q2*-1;;;+2/p-2. The van der Waals surface area contributed by atoms with Crippen LogP contribution in [0.4, 0.5) is 0 Å². The molecule has 0 spiro atoms. The average Bonchev–Trinajstić information content (AvgIpc) is 3.03. The molecule has 2 fully saturated rings. The predicted molar refractivity (Wildman–Crippen MR) is 137 cm³/mol. The van der Waals surface area contributed by atoms with Gasteiger partial charge in [0.25, 0.3) is 0 Å². The number of fused-ring (bicyclic) bond motifs is 1. The van der Waals surface area contributed by atoms with E-state index in [4.69, 9.17) is 18.6 Å². The molecule has 1 saturated heterocycles. The van der Waals surface area contributed by atoms with E-state index in [-0.39, 0.29) is 7.43 Å². The monoisotopic (exact) mass is 512 g/mol. The van der Waals surface area contributed by atoms with Crippen LogP contribution in [0, 0.1) is 25.2 Å². The molecule has 6 heteroatoms. The molecule has 2 aliphatic carbocycles. The Morgan fingerprint density at radius 3 is 2.29 bits per heavy atom. The van der Waals surface area contributed by atoms with Gasteiger partial charge in [0.05, 0.1) is 0 Å². The molecule has 0 bridgehead atoms. The first-order valence-electron chi connectivity index (χ1n) is 11.3. The van der Waals surface area contributed by atoms with E-state index in [0.717, 1.165) is 36.4 Å². The first-order valence-corrected chi connectivity index (χ1v) is 18.6. The number of halogens is 2. The van der Waals surface area contributed by atoms with Crippen LogP contribution in [-0.4, -0.2) is 39.0 Å². The van der Waals surface area contributed by atoms with Crippen molar-refractivity contribution in [1.29, 1.82) is 0 Å². The van der Waals surface area contributed by atoms with Gasteiger partial charge in [-0.05, 0) is 48.4 Å². The fourth-order valence-corrected chi connectivity index (χ4v) is 10.9. The zero-order chi connectivity index (χ0) is 21.6. The molecule has 4 rings (SSSR count). The normalized spacial score (nSPS) is 30.4. The number of piperazine rings is 1. The maximum atomic E-state index is 4.89. The van der Waals surface area contributed by atoms with Gasteiger partial charge in [0.2, 0.25) is 0 Å². The van der Waals surface area contributed by atoms with Crippen molar-refractivity contribution in [2.45, 2.75) is 44.3 Å². The fourth-order valence-electron chi connectivity index (χ4n) is 6.30. The van der Waals surface area contributed by atoms with Crippen molar-refractivity contribution in [3.8, 4) is 0 Å². The van der Waals surface area contributed by atoms with Crippen molar-refractivity contribution in [3.63, 3.8) is 0 Å². The molecule has 1 aromatic rings. The van der Waals surface area contributed by atoms with Crippen molar-refractivity contribution >= 4 is 26.8 Å². The first-order chi connectivity index (χ1) is 14.5. The summed E-state index contributed by atoms with van der Waals surface area (Å²) in [5.74, 6) is 2.89. The molecule has 5 unspecified atom stereocenters. The summed E-state index contributed by atoms with van der Waals surface area (Å²) in [6, 6.07) is 11.2. The zero-order valence-electron chi connectivity index (χ0n) is 19.5. The third-order valence-electron chi connectivity index (χ3n) is 7.61. The molecule has 1 aromatic carbocycles. The molecule has 5 atom stereocenters. The molecule has 172 valence electrons. The Hall–Kier alpha value is 0.131. The molecule has 1 saturated carbocycles. The van der Waals surface area contributed by atoms with E-state index in [1.807, 2.05) is 0 Å². The van der Waals surface area contributed by atoms with Crippen molar-refractivity contribution in [3.05, 3.63) is 72.9 Å². The summed E-state index contributed by atoms with van der Waals surface area (Å²) in [5, 5.41) is 4.61. The van der Waals surface area contributed by atoms with Gasteiger partial charge in [0, 0.05) is 5.92 Å². The molecule has 1 heterocycles. The number of hydrogen-bond acceptors (Lipinski definition) is 1. The number of nitrogens with zero attached hydrogens (tertiary/aromatic N) is 2. The van der Waals surface area contributed by atoms with Crippen LogP contribution in [-0.2, 0) is 17.0 Å². The summed E-state index contributed by atoms with van der Waals surface area (Å²) in [6.07, 6.45) is 12.4. The predicted octanol–water partition coefficient (Wildman–Crippen LogP) is 7.65. The van der Waals surface area contributed by atoms with Crippen LogP contribution < -0.4 is 0 Å². The van der Waals surface area contributed by atoms with E-state index < -0.39 is 25.3 Å². The maximum absolute atomic E-state index is 4.89. The Bertz CT molecular complexity index is 707. The van der Waals surface area contributed by atoms with Gasteiger partial charge in [-0.2, -0.15) is 0 Å². The molecule has 3 aliphatic rings. The van der Waals surface area contributed by atoms with Crippen LogP contribution in [0.5, 0.6) is 0 Å². The van der Waals surface area contributed by atoms with E-state index in [0.29, 0.717) is 5.92 Å². The summed E-state index contributed by atoms with van der Waals surface area (Å²) >= 11 is -0.556. The molecule has 0 amide bonds. The third kappa shape index (κ3) is 6.38. The van der Waals surface area contributed by atoms with E-state index in [2.05, 4.69) is 84.5 Å². The second kappa shape index (κ2) is 13.1. The molecule has 31 heavy (non-hydrogen) atoms. The Labute approximate surface area is 208 Å². The third-order valence-corrected chi connectivity index (χ3v) is 12.2. The quantitative estimate of drug-likeness (QED) is 0.299. The van der Waals surface area contributed by atoms with Gasteiger partial charge < -0.3 is 17.3 Å². The number of rotatable bonds is 4. The van der Waals surface area contributed by atoms with Crippen LogP contribution in [0.2, 0.25) is 18.6 Å². The summed E-state index contributed by atoms with van der Waals surface area (Å²) < 4.78 is 2.87. The number of allylic oxidation sites excluding steroid dienone is 4. The van der Waals surface area contributed by atoms with E-state index in [9.17, 15) is 0 Å². The van der Waals surface area contributed by atoms with Crippen LogP contribution in [0.1, 0.15) is 31.2 Å². The summed E-state index contributed by atoms with van der Waals surface area (Å²) in [7, 11) is 8.26. The van der Waals surface area contributed by atoms with Crippen molar-refractivity contribution < 1.29 is 17.0 Å². The fraction of sp³-hybridized carbons (Fsp3) is 0.560. The average molecular weight is 513 g/mol. The molecule has 0 aromatic heterocycles. The minimum absolute atomic E-state index is 0. The van der Waals surface area contributed by atoms with E-state index in [1.54, 1.807) is 0 Å². The zero-order valence-corrected chi connectivity index (χ0v) is 23.5. The second-order valence-corrected chi connectivity index (χ2v) is 16.4. The van der Waals surface area contributed by atoms with E-state index in [1.165, 1.54) is 31.5 Å². The number of benzene rings is 1. The summed E-state index contributed by atoms with van der Waals surface area (Å²) in [5.41, 5.74) is 2.35. The van der Waals surface area contributed by atoms with Crippen LogP contribution in [0.25, 0.3) is 5.32 Å². The Morgan fingerprint density at radius 1 is 1.06 bits per heavy atom. The van der Waals surface area contributed by atoms with Gasteiger partial charge in [0.1, 0.15) is 8.24 Å². The summed E-state index contributed by atoms with van der Waals surface area (Å²) in [6.45, 7) is 12.2. The van der Waals surface area contributed by atoms with Crippen LogP contribution >= 0.6 is 18.6 Å². The summed E-state index contributed by atoms with van der Waals surface area (Å²) in [4.78, 5) is 0. The van der Waals surface area contributed by atoms with Crippen LogP contribution in [0.15, 0.2) is 54.6 Å². The van der Waals surface area contributed by atoms with Crippen LogP contribution in [0.3, 0.4) is 0 Å². The van der Waals surface area contributed by atoms with Gasteiger partial charge in [-0.15, -0.1) is 13.1 Å². The Kier molecular flexibility index (Phi) is 11.6. The van der Waals surface area contributed by atoms with Gasteiger partial charge in [0.15, 0.2) is 0 Å². The van der Waals surface area contributed by atoms with Gasteiger partial charge in [-0.25, -0.2) is 0 Å².